The van der Waals surface area contributed by atoms with Crippen molar-refractivity contribution >= 4 is 11.6 Å². The Bertz CT molecular complexity index is 219. The lowest BCUT2D eigenvalue weighted by atomic mass is 10.0. The van der Waals surface area contributed by atoms with Crippen molar-refractivity contribution in [1.82, 2.24) is 10.2 Å². The van der Waals surface area contributed by atoms with Gasteiger partial charge in [-0.2, -0.15) is 0 Å². The van der Waals surface area contributed by atoms with Crippen LogP contribution in [0, 0.1) is 0 Å². The Morgan fingerprint density at radius 3 is 1.28 bits per heavy atom. The molecule has 1 unspecified atom stereocenters. The fraction of sp³-hybridized carbons (Fsp3) is 1.00. The Labute approximate surface area is 165 Å². The SMILES string of the molecule is CCCCCCCCCCCCCCCCNC(Cl)CC.CN(C)C. The largest absolute Gasteiger partial charge is 0.312 e. The number of nitrogens with one attached hydrogen (secondary N) is 1. The van der Waals surface area contributed by atoms with Crippen LogP contribution in [0.15, 0.2) is 0 Å². The van der Waals surface area contributed by atoms with E-state index in [9.17, 15) is 0 Å². The molecule has 154 valence electrons. The zero-order valence-corrected chi connectivity index (χ0v) is 19.0. The summed E-state index contributed by atoms with van der Waals surface area (Å²) in [6, 6.07) is 0. The molecule has 0 amide bonds. The molecular formula is C22H49ClN2. The first-order chi connectivity index (χ1) is 12.0. The van der Waals surface area contributed by atoms with Gasteiger partial charge in [0.15, 0.2) is 0 Å². The summed E-state index contributed by atoms with van der Waals surface area (Å²) in [5, 5.41) is 3.34. The summed E-state index contributed by atoms with van der Waals surface area (Å²) in [5.41, 5.74) is 0.173. The van der Waals surface area contributed by atoms with Gasteiger partial charge in [0, 0.05) is 0 Å². The van der Waals surface area contributed by atoms with Gasteiger partial charge in [-0.15, -0.1) is 11.6 Å². The molecule has 1 atom stereocenters. The molecule has 3 heteroatoms. The van der Waals surface area contributed by atoms with Crippen LogP contribution in [0.3, 0.4) is 0 Å². The molecule has 0 saturated heterocycles. The van der Waals surface area contributed by atoms with Gasteiger partial charge in [0.2, 0.25) is 0 Å². The van der Waals surface area contributed by atoms with E-state index in [-0.39, 0.29) is 5.50 Å². The number of halogens is 1. The van der Waals surface area contributed by atoms with Crippen molar-refractivity contribution < 1.29 is 0 Å². The maximum Gasteiger partial charge on any atom is 0.0822 e. The Kier molecular flexibility index (Phi) is 26.6. The summed E-state index contributed by atoms with van der Waals surface area (Å²) in [7, 11) is 6.00. The quantitative estimate of drug-likeness (QED) is 0.164. The van der Waals surface area contributed by atoms with Crippen molar-refractivity contribution in [2.24, 2.45) is 0 Å². The predicted octanol–water partition coefficient (Wildman–Crippen LogP) is 7.21. The monoisotopic (exact) mass is 376 g/mol. The van der Waals surface area contributed by atoms with E-state index in [0.717, 1.165) is 13.0 Å². The van der Waals surface area contributed by atoms with Gasteiger partial charge in [-0.1, -0.05) is 97.3 Å². The van der Waals surface area contributed by atoms with Crippen molar-refractivity contribution in [3.63, 3.8) is 0 Å². The van der Waals surface area contributed by atoms with Crippen molar-refractivity contribution in [3.05, 3.63) is 0 Å². The van der Waals surface area contributed by atoms with E-state index >= 15 is 0 Å². The predicted molar refractivity (Wildman–Crippen MR) is 118 cm³/mol. The van der Waals surface area contributed by atoms with Crippen LogP contribution in [-0.4, -0.2) is 38.1 Å². The highest BCUT2D eigenvalue weighted by Crippen LogP contribution is 2.12. The summed E-state index contributed by atoms with van der Waals surface area (Å²) in [6.45, 7) is 5.49. The Hall–Kier alpha value is 0.210. The molecule has 0 aromatic heterocycles. The molecule has 0 rings (SSSR count). The highest BCUT2D eigenvalue weighted by atomic mass is 35.5. The second kappa shape index (κ2) is 24.2. The molecule has 0 bridgehead atoms. The first-order valence-electron chi connectivity index (χ1n) is 11.0. The summed E-state index contributed by atoms with van der Waals surface area (Å²) >= 11 is 6.01. The van der Waals surface area contributed by atoms with E-state index in [0.29, 0.717) is 0 Å². The van der Waals surface area contributed by atoms with Gasteiger partial charge in [0.25, 0.3) is 0 Å². The van der Waals surface area contributed by atoms with E-state index in [4.69, 9.17) is 11.6 Å². The zero-order chi connectivity index (χ0) is 19.2. The molecular weight excluding hydrogens is 328 g/mol. The van der Waals surface area contributed by atoms with Crippen LogP contribution in [0.5, 0.6) is 0 Å². The van der Waals surface area contributed by atoms with Crippen molar-refractivity contribution in [1.29, 1.82) is 0 Å². The Morgan fingerprint density at radius 2 is 0.960 bits per heavy atom. The lowest BCUT2D eigenvalue weighted by Gasteiger charge is -2.08. The number of rotatable bonds is 17. The van der Waals surface area contributed by atoms with E-state index in [1.807, 2.05) is 26.0 Å². The lowest BCUT2D eigenvalue weighted by molar-refractivity contribution is 0.505. The van der Waals surface area contributed by atoms with Crippen LogP contribution in [-0.2, 0) is 0 Å². The fourth-order valence-corrected chi connectivity index (χ4v) is 2.83. The topological polar surface area (TPSA) is 15.3 Å². The maximum absolute atomic E-state index is 6.01. The number of hydrogen-bond acceptors (Lipinski definition) is 2. The molecule has 0 aromatic carbocycles. The van der Waals surface area contributed by atoms with Crippen molar-refractivity contribution in [3.8, 4) is 0 Å². The second-order valence-corrected chi connectivity index (χ2v) is 8.29. The molecule has 2 nitrogen and oxygen atoms in total. The van der Waals surface area contributed by atoms with Gasteiger partial charge in [-0.05, 0) is 40.5 Å². The van der Waals surface area contributed by atoms with Gasteiger partial charge < -0.3 is 10.2 Å². The summed E-state index contributed by atoms with van der Waals surface area (Å²) < 4.78 is 0. The molecule has 0 aliphatic heterocycles. The molecule has 0 aromatic rings. The second-order valence-electron chi connectivity index (χ2n) is 7.77. The first-order valence-corrected chi connectivity index (χ1v) is 11.5. The minimum absolute atomic E-state index is 0.173. The highest BCUT2D eigenvalue weighted by molar-refractivity contribution is 6.20. The number of nitrogens with zero attached hydrogens (tertiary/aromatic N) is 1. The first kappa shape index (κ1) is 27.4. The molecule has 0 spiro atoms. The van der Waals surface area contributed by atoms with Crippen LogP contribution in [0.4, 0.5) is 0 Å². The van der Waals surface area contributed by atoms with Crippen LogP contribution in [0.1, 0.15) is 110 Å². The normalized spacial score (nSPS) is 12.1. The Morgan fingerprint density at radius 1 is 0.640 bits per heavy atom. The molecule has 0 aliphatic rings. The molecule has 0 radical (unpaired) electrons. The van der Waals surface area contributed by atoms with E-state index in [2.05, 4.69) is 19.2 Å². The number of hydrogen-bond donors (Lipinski definition) is 1. The smallest absolute Gasteiger partial charge is 0.0822 e. The maximum atomic E-state index is 6.01. The minimum atomic E-state index is 0.173. The van der Waals surface area contributed by atoms with Gasteiger partial charge in [0.05, 0.1) is 5.50 Å². The standard InChI is InChI=1S/C19H40ClN.C3H9N/c1-3-5-6-7-8-9-10-11-12-13-14-15-16-17-18-21-19(20)4-2;1-4(2)3/h19,21H,3-18H2,1-2H3;1-3H3. The van der Waals surface area contributed by atoms with Crippen LogP contribution >= 0.6 is 11.6 Å². The molecule has 0 heterocycles. The van der Waals surface area contributed by atoms with Gasteiger partial charge in [-0.25, -0.2) is 0 Å². The van der Waals surface area contributed by atoms with Crippen LogP contribution in [0.25, 0.3) is 0 Å². The minimum Gasteiger partial charge on any atom is -0.312 e. The molecule has 0 fully saturated rings. The Balaban J connectivity index is 0. The average molecular weight is 377 g/mol. The number of alkyl halides is 1. The third-order valence-corrected chi connectivity index (χ3v) is 4.72. The van der Waals surface area contributed by atoms with E-state index in [1.54, 1.807) is 0 Å². The molecule has 25 heavy (non-hydrogen) atoms. The third kappa shape index (κ3) is 32.4. The van der Waals surface area contributed by atoms with Crippen LogP contribution in [0.2, 0.25) is 0 Å². The van der Waals surface area contributed by atoms with Crippen molar-refractivity contribution in [2.75, 3.05) is 27.7 Å². The highest BCUT2D eigenvalue weighted by Gasteiger charge is 1.98. The molecule has 1 N–H and O–H groups in total. The van der Waals surface area contributed by atoms with E-state index in [1.165, 1.54) is 89.9 Å². The third-order valence-electron chi connectivity index (χ3n) is 4.25. The zero-order valence-electron chi connectivity index (χ0n) is 18.2. The summed E-state index contributed by atoms with van der Waals surface area (Å²) in [6.07, 6.45) is 20.9. The van der Waals surface area contributed by atoms with Gasteiger partial charge >= 0.3 is 0 Å². The summed E-state index contributed by atoms with van der Waals surface area (Å²) in [5.74, 6) is 0. The molecule has 0 aliphatic carbocycles. The summed E-state index contributed by atoms with van der Waals surface area (Å²) in [4.78, 5) is 2.00. The van der Waals surface area contributed by atoms with Gasteiger partial charge in [-0.3, -0.25) is 0 Å². The fourth-order valence-electron chi connectivity index (χ4n) is 2.72. The molecule has 0 saturated carbocycles. The van der Waals surface area contributed by atoms with E-state index < -0.39 is 0 Å². The number of unbranched alkanes of at least 4 members (excludes halogenated alkanes) is 13. The van der Waals surface area contributed by atoms with Gasteiger partial charge in [0.1, 0.15) is 0 Å². The average Bonchev–Trinajstić information content (AvgIpc) is 2.57. The lowest BCUT2D eigenvalue weighted by Crippen LogP contribution is -2.23. The van der Waals surface area contributed by atoms with Crippen LogP contribution < -0.4 is 5.32 Å². The van der Waals surface area contributed by atoms with Crippen molar-refractivity contribution in [2.45, 2.75) is 116 Å².